The van der Waals surface area contributed by atoms with Crippen LogP contribution in [0.4, 0.5) is 11.4 Å². The SMILES string of the molecule is CNC1CCC(CN(C)c2ccc(N3C(=O)Cc4cc(OC)c(OC(C)C)cc4C3c3ccc(Cl)cc3)cc2)CC1. The number of methoxy groups -OCH3 is 1. The van der Waals surface area contributed by atoms with Crippen LogP contribution in [-0.4, -0.2) is 45.8 Å². The lowest BCUT2D eigenvalue weighted by molar-refractivity contribution is -0.118. The number of nitrogens with zero attached hydrogens (tertiary/aromatic N) is 2. The molecule has 0 spiro atoms. The summed E-state index contributed by atoms with van der Waals surface area (Å²) in [5, 5.41) is 4.09. The molecule has 7 heteroatoms. The maximum absolute atomic E-state index is 13.8. The predicted molar refractivity (Wildman–Crippen MR) is 168 cm³/mol. The Labute approximate surface area is 249 Å². The first-order chi connectivity index (χ1) is 19.8. The van der Waals surface area contributed by atoms with Crippen LogP contribution in [0.15, 0.2) is 60.7 Å². The van der Waals surface area contributed by atoms with Gasteiger partial charge in [0, 0.05) is 36.0 Å². The minimum Gasteiger partial charge on any atom is -0.493 e. The summed E-state index contributed by atoms with van der Waals surface area (Å²) in [7, 11) is 5.87. The van der Waals surface area contributed by atoms with Gasteiger partial charge in [0.15, 0.2) is 11.5 Å². The Kier molecular flexibility index (Phi) is 9.10. The fourth-order valence-corrected chi connectivity index (χ4v) is 6.45. The van der Waals surface area contributed by atoms with Crippen molar-refractivity contribution in [1.82, 2.24) is 5.32 Å². The largest absolute Gasteiger partial charge is 0.493 e. The molecule has 0 radical (unpaired) electrons. The third kappa shape index (κ3) is 6.49. The lowest BCUT2D eigenvalue weighted by atomic mass is 9.85. The third-order valence-electron chi connectivity index (χ3n) is 8.49. The van der Waals surface area contributed by atoms with Crippen molar-refractivity contribution in [2.75, 3.05) is 37.5 Å². The monoisotopic (exact) mass is 575 g/mol. The van der Waals surface area contributed by atoms with Gasteiger partial charge in [-0.25, -0.2) is 0 Å². The molecule has 0 aromatic heterocycles. The minimum atomic E-state index is -0.324. The molecule has 1 saturated carbocycles. The number of nitrogens with one attached hydrogen (secondary N) is 1. The lowest BCUT2D eigenvalue weighted by Crippen LogP contribution is -2.41. The summed E-state index contributed by atoms with van der Waals surface area (Å²) in [4.78, 5) is 18.1. The highest BCUT2D eigenvalue weighted by atomic mass is 35.5. The van der Waals surface area contributed by atoms with Gasteiger partial charge in [0.1, 0.15) is 0 Å². The van der Waals surface area contributed by atoms with Gasteiger partial charge in [0.2, 0.25) is 5.91 Å². The molecule has 1 atom stereocenters. The van der Waals surface area contributed by atoms with E-state index in [9.17, 15) is 4.79 Å². The maximum Gasteiger partial charge on any atom is 0.232 e. The van der Waals surface area contributed by atoms with Crippen LogP contribution in [0.5, 0.6) is 11.5 Å². The van der Waals surface area contributed by atoms with Crippen LogP contribution in [0.2, 0.25) is 5.02 Å². The molecule has 0 bridgehead atoms. The number of carbonyl (C=O) groups is 1. The Morgan fingerprint density at radius 3 is 2.29 bits per heavy atom. The average molecular weight is 576 g/mol. The first kappa shape index (κ1) is 29.3. The molecule has 6 nitrogen and oxygen atoms in total. The number of carbonyl (C=O) groups excluding carboxylic acids is 1. The number of benzene rings is 3. The maximum atomic E-state index is 13.8. The summed E-state index contributed by atoms with van der Waals surface area (Å²) < 4.78 is 11.8. The van der Waals surface area contributed by atoms with Crippen molar-refractivity contribution < 1.29 is 14.3 Å². The van der Waals surface area contributed by atoms with E-state index in [2.05, 4.69) is 48.6 Å². The lowest BCUT2D eigenvalue weighted by Gasteiger charge is -2.38. The number of hydrogen-bond acceptors (Lipinski definition) is 5. The van der Waals surface area contributed by atoms with E-state index < -0.39 is 0 Å². The van der Waals surface area contributed by atoms with Crippen LogP contribution >= 0.6 is 11.6 Å². The molecular weight excluding hydrogens is 534 g/mol. The van der Waals surface area contributed by atoms with E-state index >= 15 is 0 Å². The summed E-state index contributed by atoms with van der Waals surface area (Å²) in [6.45, 7) is 5.04. The van der Waals surface area contributed by atoms with Gasteiger partial charge >= 0.3 is 0 Å². The summed E-state index contributed by atoms with van der Waals surface area (Å²) in [5.41, 5.74) is 5.00. The minimum absolute atomic E-state index is 0.0138. The molecule has 3 aromatic rings. The summed E-state index contributed by atoms with van der Waals surface area (Å²) in [6.07, 6.45) is 5.27. The first-order valence-electron chi connectivity index (χ1n) is 14.7. The van der Waals surface area contributed by atoms with Gasteiger partial charge in [-0.05, 0) is 118 Å². The molecule has 1 aliphatic carbocycles. The number of hydrogen-bond donors (Lipinski definition) is 1. The van der Waals surface area contributed by atoms with Crippen LogP contribution < -0.4 is 24.6 Å². The van der Waals surface area contributed by atoms with Gasteiger partial charge in [-0.3, -0.25) is 4.79 Å². The number of rotatable bonds is 9. The van der Waals surface area contributed by atoms with E-state index in [1.54, 1.807) is 7.11 Å². The molecule has 3 aromatic carbocycles. The van der Waals surface area contributed by atoms with Crippen LogP contribution in [-0.2, 0) is 11.2 Å². The van der Waals surface area contributed by atoms with Crippen molar-refractivity contribution >= 4 is 28.9 Å². The highest BCUT2D eigenvalue weighted by Gasteiger charge is 2.36. The van der Waals surface area contributed by atoms with Gasteiger partial charge in [-0.15, -0.1) is 0 Å². The van der Waals surface area contributed by atoms with Gasteiger partial charge in [0.25, 0.3) is 0 Å². The fourth-order valence-electron chi connectivity index (χ4n) is 6.32. The van der Waals surface area contributed by atoms with Crippen LogP contribution in [0.25, 0.3) is 0 Å². The zero-order valence-corrected chi connectivity index (χ0v) is 25.6. The summed E-state index contributed by atoms with van der Waals surface area (Å²) >= 11 is 6.26. The quantitative estimate of drug-likeness (QED) is 0.297. The Balaban J connectivity index is 1.46. The zero-order chi connectivity index (χ0) is 29.1. The smallest absolute Gasteiger partial charge is 0.232 e. The van der Waals surface area contributed by atoms with E-state index in [-0.39, 0.29) is 24.5 Å². The highest BCUT2D eigenvalue weighted by molar-refractivity contribution is 6.30. The molecule has 41 heavy (non-hydrogen) atoms. The second-order valence-corrected chi connectivity index (χ2v) is 12.1. The van der Waals surface area contributed by atoms with Crippen molar-refractivity contribution in [3.05, 3.63) is 82.4 Å². The Hall–Kier alpha value is -3.22. The molecule has 1 unspecified atom stereocenters. The first-order valence-corrected chi connectivity index (χ1v) is 15.1. The standard InChI is InChI=1S/C34H42ClN3O3/c1-22(2)41-32-20-30-25(18-31(32)40-5)19-33(39)38(34(30)24-8-10-26(35)11-9-24)29-16-14-28(15-17-29)37(4)21-23-6-12-27(36-3)13-7-23/h8-11,14-18,20,22-23,27,34,36H,6-7,12-13,19,21H2,1-5H3. The van der Waals surface area contributed by atoms with Crippen molar-refractivity contribution in [2.45, 2.75) is 64.1 Å². The molecule has 1 amide bonds. The molecule has 1 heterocycles. The van der Waals surface area contributed by atoms with Crippen LogP contribution in [0.3, 0.4) is 0 Å². The Bertz CT molecular complexity index is 1330. The molecule has 0 saturated heterocycles. The normalized spacial score (nSPS) is 20.6. The topological polar surface area (TPSA) is 54.0 Å². The van der Waals surface area contributed by atoms with E-state index in [0.717, 1.165) is 34.6 Å². The van der Waals surface area contributed by atoms with E-state index in [1.165, 1.54) is 25.7 Å². The predicted octanol–water partition coefficient (Wildman–Crippen LogP) is 7.03. The third-order valence-corrected chi connectivity index (χ3v) is 8.74. The second kappa shape index (κ2) is 12.7. The number of ether oxygens (including phenoxy) is 2. The molecule has 1 aliphatic heterocycles. The van der Waals surface area contributed by atoms with Gasteiger partial charge in [-0.1, -0.05) is 23.7 Å². The summed E-state index contributed by atoms with van der Waals surface area (Å²) in [6, 6.07) is 20.5. The molecule has 5 rings (SSSR count). The van der Waals surface area contributed by atoms with Crippen LogP contribution in [0, 0.1) is 5.92 Å². The highest BCUT2D eigenvalue weighted by Crippen LogP contribution is 2.44. The van der Waals surface area contributed by atoms with Crippen molar-refractivity contribution in [2.24, 2.45) is 5.92 Å². The molecule has 218 valence electrons. The van der Waals surface area contributed by atoms with E-state index in [0.29, 0.717) is 28.5 Å². The Morgan fingerprint density at radius 1 is 1.00 bits per heavy atom. The van der Waals surface area contributed by atoms with E-state index in [4.69, 9.17) is 21.1 Å². The van der Waals surface area contributed by atoms with Crippen molar-refractivity contribution in [1.29, 1.82) is 0 Å². The van der Waals surface area contributed by atoms with Crippen LogP contribution in [0.1, 0.15) is 62.3 Å². The van der Waals surface area contributed by atoms with Gasteiger partial charge in [-0.2, -0.15) is 0 Å². The second-order valence-electron chi connectivity index (χ2n) is 11.7. The van der Waals surface area contributed by atoms with Gasteiger partial charge < -0.3 is 24.6 Å². The Morgan fingerprint density at radius 2 is 1.68 bits per heavy atom. The van der Waals surface area contributed by atoms with Crippen molar-refractivity contribution in [3.63, 3.8) is 0 Å². The zero-order valence-electron chi connectivity index (χ0n) is 24.8. The fraction of sp³-hybridized carbons (Fsp3) is 0.441. The number of fused-ring (bicyclic) bond motifs is 1. The average Bonchev–Trinajstić information content (AvgIpc) is 2.97. The summed E-state index contributed by atoms with van der Waals surface area (Å²) in [5.74, 6) is 2.06. The van der Waals surface area contributed by atoms with Crippen molar-refractivity contribution in [3.8, 4) is 11.5 Å². The number of halogens is 1. The van der Waals surface area contributed by atoms with E-state index in [1.807, 2.05) is 55.1 Å². The van der Waals surface area contributed by atoms with Gasteiger partial charge in [0.05, 0.1) is 25.7 Å². The molecule has 1 fully saturated rings. The molecule has 1 N–H and O–H groups in total. The number of amides is 1. The number of anilines is 2. The molecular formula is C34H42ClN3O3. The molecule has 2 aliphatic rings.